The van der Waals surface area contributed by atoms with Crippen LogP contribution in [0.15, 0.2) is 23.0 Å². The summed E-state index contributed by atoms with van der Waals surface area (Å²) in [5.74, 6) is 0.409. The lowest BCUT2D eigenvalue weighted by Crippen LogP contribution is -2.51. The first-order valence-electron chi connectivity index (χ1n) is 11.2. The van der Waals surface area contributed by atoms with Crippen LogP contribution in [0, 0.1) is 34.5 Å². The number of allylic oxidation sites excluding steroid dienone is 2. The quantitative estimate of drug-likeness (QED) is 0.393. The van der Waals surface area contributed by atoms with E-state index in [-0.39, 0.29) is 29.5 Å². The van der Waals surface area contributed by atoms with E-state index < -0.39 is 11.8 Å². The summed E-state index contributed by atoms with van der Waals surface area (Å²) >= 11 is 0. The molecule has 0 radical (unpaired) electrons. The second kappa shape index (κ2) is 6.97. The molecule has 1 N–H and O–H groups in total. The van der Waals surface area contributed by atoms with Crippen LogP contribution in [0.2, 0.25) is 0 Å². The first kappa shape index (κ1) is 20.1. The number of ether oxygens (including phenoxy) is 1. The van der Waals surface area contributed by atoms with Crippen molar-refractivity contribution in [2.45, 2.75) is 78.7 Å². The van der Waals surface area contributed by atoms with Crippen LogP contribution in [-0.4, -0.2) is 23.8 Å². The summed E-state index contributed by atoms with van der Waals surface area (Å²) in [4.78, 5) is 12.0. The average Bonchev–Trinajstić information content (AvgIpc) is 3.02. The van der Waals surface area contributed by atoms with E-state index in [1.807, 2.05) is 0 Å². The number of aliphatic hydroxyl groups is 1. The van der Waals surface area contributed by atoms with Gasteiger partial charge in [-0.2, -0.15) is 4.39 Å². The van der Waals surface area contributed by atoms with Crippen LogP contribution in [0.5, 0.6) is 0 Å². The van der Waals surface area contributed by atoms with Gasteiger partial charge in [-0.25, -0.2) is 4.79 Å². The van der Waals surface area contributed by atoms with Crippen molar-refractivity contribution < 1.29 is 19.0 Å². The Morgan fingerprint density at radius 3 is 2.61 bits per heavy atom. The topological polar surface area (TPSA) is 46.5 Å². The third kappa shape index (κ3) is 2.74. The highest BCUT2D eigenvalue weighted by molar-refractivity contribution is 5.87. The lowest BCUT2D eigenvalue weighted by atomic mass is 9.46. The van der Waals surface area contributed by atoms with Crippen molar-refractivity contribution in [3.63, 3.8) is 0 Å². The molecule has 0 aromatic rings. The third-order valence-corrected chi connectivity index (χ3v) is 9.06. The van der Waals surface area contributed by atoms with Gasteiger partial charge in [-0.3, -0.25) is 0 Å². The molecule has 4 rings (SSSR count). The first-order valence-corrected chi connectivity index (χ1v) is 11.2. The minimum absolute atomic E-state index is 0.162. The van der Waals surface area contributed by atoms with E-state index in [2.05, 4.69) is 26.8 Å². The van der Waals surface area contributed by atoms with Crippen LogP contribution >= 0.6 is 0 Å². The van der Waals surface area contributed by atoms with E-state index >= 15 is 0 Å². The molecule has 1 unspecified atom stereocenters. The van der Waals surface area contributed by atoms with Crippen LogP contribution < -0.4 is 0 Å². The Morgan fingerprint density at radius 1 is 1.21 bits per heavy atom. The molecule has 4 aliphatic rings. The Balaban J connectivity index is 1.66. The minimum atomic E-state index is -0.783. The van der Waals surface area contributed by atoms with Crippen molar-refractivity contribution in [1.29, 1.82) is 0 Å². The van der Waals surface area contributed by atoms with Gasteiger partial charge in [0.15, 0.2) is 0 Å². The maximum Gasteiger partial charge on any atom is 0.367 e. The van der Waals surface area contributed by atoms with Crippen molar-refractivity contribution in [2.75, 3.05) is 6.61 Å². The summed E-state index contributed by atoms with van der Waals surface area (Å²) in [7, 11) is 0. The maximum absolute atomic E-state index is 14.9. The number of carbonyl (C=O) groups excluding carboxylic acids is 1. The predicted molar refractivity (Wildman–Crippen MR) is 107 cm³/mol. The molecule has 28 heavy (non-hydrogen) atoms. The van der Waals surface area contributed by atoms with Crippen molar-refractivity contribution in [2.24, 2.45) is 34.5 Å². The first-order chi connectivity index (χ1) is 13.2. The molecule has 0 heterocycles. The van der Waals surface area contributed by atoms with Gasteiger partial charge < -0.3 is 9.84 Å². The number of halogens is 1. The zero-order valence-electron chi connectivity index (χ0n) is 17.8. The monoisotopic (exact) mass is 390 g/mol. The molecule has 3 saturated carbocycles. The average molecular weight is 391 g/mol. The minimum Gasteiger partial charge on any atom is -0.461 e. The van der Waals surface area contributed by atoms with Crippen molar-refractivity contribution in [3.8, 4) is 0 Å². The van der Waals surface area contributed by atoms with Crippen LogP contribution in [-0.2, 0) is 9.53 Å². The fourth-order valence-corrected chi connectivity index (χ4v) is 7.55. The number of hydrogen-bond acceptors (Lipinski definition) is 3. The standard InChI is InChI=1S/C24H35FO3/c1-5-28-22(27)21(25)19-9-8-17-15-6-7-16-14(2)20(26)11-13-23(16,3)18(15)10-12-24(17,19)4/h7,14-15,17-18,20,26H,5-6,8-13H2,1-4H3/t14?,15-,17-,18-,20-,23-,24-/m0/s1. The van der Waals surface area contributed by atoms with E-state index in [9.17, 15) is 14.3 Å². The van der Waals surface area contributed by atoms with Crippen molar-refractivity contribution in [3.05, 3.63) is 23.0 Å². The van der Waals surface area contributed by atoms with E-state index in [0.29, 0.717) is 29.7 Å². The second-order valence-corrected chi connectivity index (χ2v) is 10.1. The number of esters is 1. The molecule has 0 amide bonds. The van der Waals surface area contributed by atoms with E-state index in [0.717, 1.165) is 38.5 Å². The van der Waals surface area contributed by atoms with Crippen molar-refractivity contribution in [1.82, 2.24) is 0 Å². The van der Waals surface area contributed by atoms with E-state index in [4.69, 9.17) is 4.74 Å². The summed E-state index contributed by atoms with van der Waals surface area (Å²) < 4.78 is 19.9. The van der Waals surface area contributed by atoms with Gasteiger partial charge in [-0.1, -0.05) is 32.4 Å². The molecule has 0 bridgehead atoms. The third-order valence-electron chi connectivity index (χ3n) is 9.06. The molecule has 0 spiro atoms. The number of rotatable bonds is 2. The lowest BCUT2D eigenvalue weighted by molar-refractivity contribution is -0.140. The van der Waals surface area contributed by atoms with Crippen LogP contribution in [0.1, 0.15) is 72.6 Å². The van der Waals surface area contributed by atoms with Crippen LogP contribution in [0.4, 0.5) is 4.39 Å². The van der Waals surface area contributed by atoms with E-state index in [1.165, 1.54) is 5.57 Å². The Hall–Kier alpha value is -1.16. The summed E-state index contributed by atoms with van der Waals surface area (Å²) in [6.45, 7) is 8.69. The highest BCUT2D eigenvalue weighted by atomic mass is 19.1. The zero-order valence-corrected chi connectivity index (χ0v) is 17.8. The van der Waals surface area contributed by atoms with Gasteiger partial charge in [0.25, 0.3) is 0 Å². The number of hydrogen-bond donors (Lipinski definition) is 1. The van der Waals surface area contributed by atoms with Gasteiger partial charge >= 0.3 is 5.97 Å². The molecule has 7 atom stereocenters. The Kier molecular flexibility index (Phi) is 5.01. The van der Waals surface area contributed by atoms with Crippen molar-refractivity contribution >= 4 is 5.97 Å². The summed E-state index contributed by atoms with van der Waals surface area (Å²) in [5, 5.41) is 10.4. The van der Waals surface area contributed by atoms with Gasteiger partial charge in [0, 0.05) is 5.92 Å². The molecule has 3 fully saturated rings. The fourth-order valence-electron chi connectivity index (χ4n) is 7.55. The second-order valence-electron chi connectivity index (χ2n) is 10.1. The molecule has 0 aromatic carbocycles. The zero-order chi connectivity index (χ0) is 20.3. The fraction of sp³-hybridized carbons (Fsp3) is 0.792. The molecular weight excluding hydrogens is 355 g/mol. The molecule has 4 aliphatic carbocycles. The molecule has 0 saturated heterocycles. The number of fused-ring (bicyclic) bond motifs is 5. The normalized spacial score (nSPS) is 46.8. The number of carbonyl (C=O) groups is 1. The number of aliphatic hydroxyl groups excluding tert-OH is 1. The summed E-state index contributed by atoms with van der Waals surface area (Å²) in [5.41, 5.74) is 2.11. The molecule has 4 heteroatoms. The molecule has 3 nitrogen and oxygen atoms in total. The summed E-state index contributed by atoms with van der Waals surface area (Å²) in [6.07, 6.45) is 8.82. The van der Waals surface area contributed by atoms with Gasteiger partial charge in [-0.05, 0) is 86.0 Å². The van der Waals surface area contributed by atoms with Crippen LogP contribution in [0.25, 0.3) is 0 Å². The van der Waals surface area contributed by atoms with Gasteiger partial charge in [0.1, 0.15) is 0 Å². The van der Waals surface area contributed by atoms with Gasteiger partial charge in [0.05, 0.1) is 12.7 Å². The largest absolute Gasteiger partial charge is 0.461 e. The van der Waals surface area contributed by atoms with E-state index in [1.54, 1.807) is 6.92 Å². The molecule has 0 aromatic heterocycles. The molecule has 156 valence electrons. The smallest absolute Gasteiger partial charge is 0.367 e. The predicted octanol–water partition coefficient (Wildman–Crippen LogP) is 5.34. The SMILES string of the molecule is CCOC(=O)C(F)=C1CC[C@H]2[C@@H]3CC=C4C(C)[C@@H](O)CC[C@]4(C)[C@H]3CC[C@]12C. The highest BCUT2D eigenvalue weighted by Gasteiger charge is 2.58. The molecular formula is C24H35FO3. The Morgan fingerprint density at radius 2 is 1.89 bits per heavy atom. The Bertz CT molecular complexity index is 725. The lowest BCUT2D eigenvalue weighted by Gasteiger charge is -2.58. The Labute approximate surface area is 168 Å². The molecule has 0 aliphatic heterocycles. The summed E-state index contributed by atoms with van der Waals surface area (Å²) in [6, 6.07) is 0. The maximum atomic E-state index is 14.9. The van der Waals surface area contributed by atoms with Gasteiger partial charge in [0.2, 0.25) is 5.83 Å². The van der Waals surface area contributed by atoms with Gasteiger partial charge in [-0.15, -0.1) is 0 Å². The highest BCUT2D eigenvalue weighted by Crippen LogP contribution is 2.67. The van der Waals surface area contributed by atoms with Crippen LogP contribution in [0.3, 0.4) is 0 Å².